The molecule has 1 fully saturated rings. The molecule has 9 heteroatoms. The number of carbonyl (C=O) groups excluding carboxylic acids is 2. The lowest BCUT2D eigenvalue weighted by atomic mass is 10.1. The number of benzene rings is 1. The third kappa shape index (κ3) is 3.85. The first-order chi connectivity index (χ1) is 14.8. The molecule has 0 unspecified atom stereocenters. The Morgan fingerprint density at radius 1 is 1.32 bits per heavy atom. The zero-order valence-electron chi connectivity index (χ0n) is 17.4. The van der Waals surface area contributed by atoms with Crippen molar-refractivity contribution in [2.75, 3.05) is 44.7 Å². The fourth-order valence-corrected chi connectivity index (χ4v) is 5.40. The van der Waals surface area contributed by atoms with Crippen molar-refractivity contribution in [2.24, 2.45) is 0 Å². The molecule has 0 aliphatic carbocycles. The molecular formula is C22H23ClFN4O2S+. The molecule has 0 N–H and O–H groups in total. The van der Waals surface area contributed by atoms with Crippen LogP contribution >= 0.6 is 22.9 Å². The van der Waals surface area contributed by atoms with Gasteiger partial charge in [-0.2, -0.15) is 0 Å². The molecule has 0 spiro atoms. The smallest absolute Gasteiger partial charge is 0.264 e. The fraction of sp³-hybridized carbons (Fsp3) is 0.318. The molecule has 0 saturated carbocycles. The maximum atomic E-state index is 13.4. The van der Waals surface area contributed by atoms with Crippen LogP contribution in [-0.2, 0) is 4.79 Å². The van der Waals surface area contributed by atoms with Gasteiger partial charge in [-0.3, -0.25) is 9.59 Å². The highest BCUT2D eigenvalue weighted by Crippen LogP contribution is 2.42. The lowest BCUT2D eigenvalue weighted by Gasteiger charge is -2.36. The second-order valence-corrected chi connectivity index (χ2v) is 9.01. The van der Waals surface area contributed by atoms with E-state index in [4.69, 9.17) is 11.6 Å². The first kappa shape index (κ1) is 21.5. The number of hydrogen-bond donors (Lipinski definition) is 0. The molecule has 1 saturated heterocycles. The summed E-state index contributed by atoms with van der Waals surface area (Å²) in [5.41, 5.74) is 3.38. The van der Waals surface area contributed by atoms with Crippen molar-refractivity contribution in [3.8, 4) is 0 Å². The Morgan fingerprint density at radius 3 is 2.68 bits per heavy atom. The Kier molecular flexibility index (Phi) is 5.85. The predicted octanol–water partition coefficient (Wildman–Crippen LogP) is 3.60. The molecule has 6 nitrogen and oxygen atoms in total. The highest BCUT2D eigenvalue weighted by molar-refractivity contribution is 7.17. The minimum absolute atomic E-state index is 0.00294. The monoisotopic (exact) mass is 461 g/mol. The lowest BCUT2D eigenvalue weighted by Crippen LogP contribution is -2.48. The summed E-state index contributed by atoms with van der Waals surface area (Å²) in [4.78, 5) is 30.7. The Morgan fingerprint density at radius 2 is 2.03 bits per heavy atom. The number of piperazine rings is 1. The Hall–Kier alpha value is -2.71. The topological polar surface area (TPSA) is 46.9 Å². The molecule has 0 bridgehead atoms. The van der Waals surface area contributed by atoms with E-state index in [-0.39, 0.29) is 17.5 Å². The molecule has 1 amide bonds. The first-order valence-corrected chi connectivity index (χ1v) is 11.1. The molecule has 31 heavy (non-hydrogen) atoms. The van der Waals surface area contributed by atoms with E-state index < -0.39 is 5.82 Å². The number of nitrogens with zero attached hydrogens (tertiary/aromatic N) is 4. The average molecular weight is 462 g/mol. The van der Waals surface area contributed by atoms with Crippen LogP contribution in [0.1, 0.15) is 20.8 Å². The largest absolute Gasteiger partial charge is 0.368 e. The van der Waals surface area contributed by atoms with Gasteiger partial charge in [-0.1, -0.05) is 29.5 Å². The number of halogens is 2. The zero-order chi connectivity index (χ0) is 22.3. The highest BCUT2D eigenvalue weighted by atomic mass is 35.5. The molecule has 1 aromatic heterocycles. The molecular weight excluding hydrogens is 439 g/mol. The quantitative estimate of drug-likeness (QED) is 0.515. The van der Waals surface area contributed by atoms with Gasteiger partial charge in [-0.05, 0) is 30.7 Å². The first-order valence-electron chi connectivity index (χ1n) is 9.92. The third-order valence-electron chi connectivity index (χ3n) is 5.70. The minimum Gasteiger partial charge on any atom is -0.368 e. The lowest BCUT2D eigenvalue weighted by molar-refractivity contribution is -0.401. The number of thiophene rings is 1. The zero-order valence-corrected chi connectivity index (χ0v) is 19.0. The van der Waals surface area contributed by atoms with Crippen molar-refractivity contribution in [1.29, 1.82) is 0 Å². The van der Waals surface area contributed by atoms with Crippen LogP contribution in [-0.4, -0.2) is 72.7 Å². The fourth-order valence-electron chi connectivity index (χ4n) is 4.00. The van der Waals surface area contributed by atoms with Gasteiger partial charge in [-0.25, -0.2) is 13.9 Å². The summed E-state index contributed by atoms with van der Waals surface area (Å²) in [6.07, 6.45) is 2.66. The maximum Gasteiger partial charge on any atom is 0.264 e. The number of carbonyl (C=O) groups is 2. The summed E-state index contributed by atoms with van der Waals surface area (Å²) < 4.78 is 15.4. The van der Waals surface area contributed by atoms with E-state index in [1.807, 2.05) is 29.8 Å². The molecule has 1 aromatic carbocycles. The number of amides is 1. The van der Waals surface area contributed by atoms with E-state index in [1.54, 1.807) is 17.0 Å². The van der Waals surface area contributed by atoms with Gasteiger partial charge >= 0.3 is 0 Å². The normalized spacial score (nSPS) is 16.3. The number of rotatable bonds is 4. The number of fused-ring (bicyclic) bond motifs is 1. The van der Waals surface area contributed by atoms with Gasteiger partial charge in [0.05, 0.1) is 22.5 Å². The molecule has 3 heterocycles. The summed E-state index contributed by atoms with van der Waals surface area (Å²) in [5.74, 6) is -0.441. The van der Waals surface area contributed by atoms with Crippen LogP contribution < -0.4 is 4.90 Å². The second kappa shape index (κ2) is 8.43. The van der Waals surface area contributed by atoms with E-state index in [0.29, 0.717) is 31.1 Å². The van der Waals surface area contributed by atoms with Crippen LogP contribution in [0.5, 0.6) is 0 Å². The second-order valence-electron chi connectivity index (χ2n) is 7.61. The van der Waals surface area contributed by atoms with Gasteiger partial charge in [0.2, 0.25) is 6.34 Å². The number of anilines is 1. The predicted molar refractivity (Wildman–Crippen MR) is 122 cm³/mol. The van der Waals surface area contributed by atoms with Gasteiger partial charge in [0.15, 0.2) is 11.3 Å². The van der Waals surface area contributed by atoms with Crippen LogP contribution in [0.15, 0.2) is 24.8 Å². The van der Waals surface area contributed by atoms with E-state index in [0.717, 1.165) is 33.8 Å². The van der Waals surface area contributed by atoms with Crippen molar-refractivity contribution in [3.63, 3.8) is 0 Å². The average Bonchev–Trinajstić information content (AvgIpc) is 3.11. The minimum atomic E-state index is -0.438. The molecule has 2 aliphatic heterocycles. The summed E-state index contributed by atoms with van der Waals surface area (Å²) in [6, 6.07) is 4.69. The Labute approximate surface area is 189 Å². The van der Waals surface area contributed by atoms with E-state index >= 15 is 0 Å². The highest BCUT2D eigenvalue weighted by Gasteiger charge is 2.34. The Balaban J connectivity index is 1.52. The number of hydrogen-bond acceptors (Lipinski definition) is 5. The van der Waals surface area contributed by atoms with Gasteiger partial charge in [0.25, 0.3) is 5.91 Å². The molecule has 4 rings (SSSR count). The van der Waals surface area contributed by atoms with E-state index in [9.17, 15) is 14.0 Å². The van der Waals surface area contributed by atoms with Crippen LogP contribution in [0.4, 0.5) is 15.1 Å². The van der Waals surface area contributed by atoms with Crippen LogP contribution in [0.2, 0.25) is 5.02 Å². The summed E-state index contributed by atoms with van der Waals surface area (Å²) in [5, 5.41) is 1.05. The van der Waals surface area contributed by atoms with Crippen LogP contribution in [0.25, 0.3) is 5.70 Å². The van der Waals surface area contributed by atoms with Crippen molar-refractivity contribution >= 4 is 57.9 Å². The summed E-state index contributed by atoms with van der Waals surface area (Å²) in [7, 11) is 1.90. The number of aldehydes is 1. The van der Waals surface area contributed by atoms with E-state index in [2.05, 4.69) is 11.5 Å². The van der Waals surface area contributed by atoms with Gasteiger partial charge in [-0.15, -0.1) is 0 Å². The Bertz CT molecular complexity index is 1110. The summed E-state index contributed by atoms with van der Waals surface area (Å²) in [6.45, 7) is 8.71. The molecule has 162 valence electrons. The summed E-state index contributed by atoms with van der Waals surface area (Å²) >= 11 is 7.36. The van der Waals surface area contributed by atoms with Crippen LogP contribution in [0, 0.1) is 12.7 Å². The maximum absolute atomic E-state index is 13.4. The molecule has 2 aliphatic rings. The van der Waals surface area contributed by atoms with Crippen molar-refractivity contribution in [1.82, 2.24) is 9.80 Å². The molecule has 0 radical (unpaired) electrons. The van der Waals surface area contributed by atoms with Gasteiger partial charge < -0.3 is 9.80 Å². The van der Waals surface area contributed by atoms with Gasteiger partial charge in [0.1, 0.15) is 18.1 Å². The molecule has 2 aromatic rings. The van der Waals surface area contributed by atoms with Crippen molar-refractivity contribution in [3.05, 3.63) is 51.6 Å². The van der Waals surface area contributed by atoms with Crippen molar-refractivity contribution < 1.29 is 18.6 Å². The van der Waals surface area contributed by atoms with Crippen LogP contribution in [0.3, 0.4) is 0 Å². The van der Waals surface area contributed by atoms with E-state index in [1.165, 1.54) is 17.4 Å². The van der Waals surface area contributed by atoms with Crippen molar-refractivity contribution in [2.45, 2.75) is 6.92 Å². The SMILES string of the molecule is C=C1c2c(sc(C(=O)N3CCN(c4ccc(F)c(Cl)c4)CC3)c2C)[N+](C)=CN1CC=O. The standard InChI is InChI=1S/C22H23ClFN4O2S/c1-14-19-15(2)28(10-11-29)13-25(3)22(19)31-20(14)21(30)27-8-6-26(7-9-27)16-4-5-18(24)17(23)12-16/h4-5,11-13H,2,6-10H2,1,3H3/q+1. The van der Waals surface area contributed by atoms with Gasteiger partial charge in [0, 0.05) is 31.9 Å². The third-order valence-corrected chi connectivity index (χ3v) is 7.36. The molecule has 0 atom stereocenters.